The number of hydrogen-bond donors (Lipinski definition) is 2. The normalized spacial score (nSPS) is 10.7. The molecule has 3 aromatic rings. The van der Waals surface area contributed by atoms with Gasteiger partial charge in [-0.25, -0.2) is 9.18 Å². The molecule has 0 saturated heterocycles. The highest BCUT2D eigenvalue weighted by Gasteiger charge is 2.23. The summed E-state index contributed by atoms with van der Waals surface area (Å²) in [4.78, 5) is 26.7. The number of para-hydroxylation sites is 1. The van der Waals surface area contributed by atoms with Crippen LogP contribution >= 0.6 is 0 Å². The van der Waals surface area contributed by atoms with Gasteiger partial charge in [-0.3, -0.25) is 4.79 Å². The first kappa shape index (κ1) is 13.1. The van der Waals surface area contributed by atoms with Crippen LogP contribution in [0.25, 0.3) is 10.9 Å². The Morgan fingerprint density at radius 3 is 2.33 bits per heavy atom. The fraction of sp³-hybridized carbons (Fsp3) is 0. The Morgan fingerprint density at radius 1 is 1.00 bits per heavy atom. The van der Waals surface area contributed by atoms with Crippen LogP contribution in [-0.4, -0.2) is 21.8 Å². The predicted molar refractivity (Wildman–Crippen MR) is 75.1 cm³/mol. The predicted octanol–water partition coefficient (Wildman–Crippen LogP) is 3.24. The molecule has 2 aromatic carbocycles. The van der Waals surface area contributed by atoms with E-state index in [2.05, 4.69) is 4.98 Å². The molecule has 0 saturated carbocycles. The average molecular weight is 283 g/mol. The second kappa shape index (κ2) is 4.86. The largest absolute Gasteiger partial charge is 0.478 e. The molecule has 0 spiro atoms. The van der Waals surface area contributed by atoms with Crippen molar-refractivity contribution in [3.8, 4) is 0 Å². The van der Waals surface area contributed by atoms with Gasteiger partial charge in [0.25, 0.3) is 0 Å². The van der Waals surface area contributed by atoms with Crippen LogP contribution in [0.1, 0.15) is 26.4 Å². The minimum Gasteiger partial charge on any atom is -0.478 e. The van der Waals surface area contributed by atoms with Crippen molar-refractivity contribution in [1.82, 2.24) is 4.98 Å². The number of carbonyl (C=O) groups excluding carboxylic acids is 1. The maximum atomic E-state index is 12.9. The molecular weight excluding hydrogens is 273 g/mol. The number of aromatic amines is 1. The summed E-state index contributed by atoms with van der Waals surface area (Å²) < 4.78 is 12.9. The highest BCUT2D eigenvalue weighted by atomic mass is 19.1. The molecule has 1 heterocycles. The second-order valence-corrected chi connectivity index (χ2v) is 4.56. The van der Waals surface area contributed by atoms with Gasteiger partial charge in [0, 0.05) is 16.5 Å². The van der Waals surface area contributed by atoms with Crippen molar-refractivity contribution >= 4 is 22.7 Å². The van der Waals surface area contributed by atoms with Gasteiger partial charge >= 0.3 is 5.97 Å². The summed E-state index contributed by atoms with van der Waals surface area (Å²) in [6.45, 7) is 0. The first-order valence-corrected chi connectivity index (χ1v) is 6.22. The van der Waals surface area contributed by atoms with Crippen molar-refractivity contribution in [1.29, 1.82) is 0 Å². The van der Waals surface area contributed by atoms with E-state index in [4.69, 9.17) is 0 Å². The average Bonchev–Trinajstić information content (AvgIpc) is 2.86. The van der Waals surface area contributed by atoms with Crippen molar-refractivity contribution in [3.05, 3.63) is 71.2 Å². The number of H-pyrrole nitrogens is 1. The quantitative estimate of drug-likeness (QED) is 0.725. The topological polar surface area (TPSA) is 70.2 Å². The Bertz CT molecular complexity index is 850. The molecule has 0 aliphatic heterocycles. The summed E-state index contributed by atoms with van der Waals surface area (Å²) in [6, 6.07) is 11.8. The van der Waals surface area contributed by atoms with Gasteiger partial charge in [-0.1, -0.05) is 18.2 Å². The number of halogens is 1. The van der Waals surface area contributed by atoms with E-state index in [0.717, 1.165) is 12.1 Å². The third-order valence-electron chi connectivity index (χ3n) is 3.25. The van der Waals surface area contributed by atoms with Crippen molar-refractivity contribution in [2.24, 2.45) is 0 Å². The molecule has 104 valence electrons. The summed E-state index contributed by atoms with van der Waals surface area (Å²) in [5.41, 5.74) is 0.723. The molecule has 0 fully saturated rings. The molecule has 3 rings (SSSR count). The third-order valence-corrected chi connectivity index (χ3v) is 3.25. The standard InChI is InChI=1S/C16H10FNO3/c17-10-7-5-9(6-8-10)15(19)14-13(16(20)21)11-3-1-2-4-12(11)18-14/h1-8,18H,(H,20,21). The molecule has 0 radical (unpaired) electrons. The van der Waals surface area contributed by atoms with Crippen LogP contribution in [0, 0.1) is 5.82 Å². The van der Waals surface area contributed by atoms with E-state index in [0.29, 0.717) is 10.9 Å². The van der Waals surface area contributed by atoms with Crippen LogP contribution < -0.4 is 0 Å². The van der Waals surface area contributed by atoms with Crippen molar-refractivity contribution in [3.63, 3.8) is 0 Å². The summed E-state index contributed by atoms with van der Waals surface area (Å²) in [5.74, 6) is -2.12. The molecular formula is C16H10FNO3. The zero-order valence-electron chi connectivity index (χ0n) is 10.8. The van der Waals surface area contributed by atoms with E-state index in [1.54, 1.807) is 24.3 Å². The van der Waals surface area contributed by atoms with Gasteiger partial charge in [-0.2, -0.15) is 0 Å². The number of benzene rings is 2. The van der Waals surface area contributed by atoms with Gasteiger partial charge in [0.2, 0.25) is 5.78 Å². The van der Waals surface area contributed by atoms with Gasteiger partial charge in [-0.05, 0) is 30.3 Å². The van der Waals surface area contributed by atoms with E-state index in [1.807, 2.05) is 0 Å². The van der Waals surface area contributed by atoms with Gasteiger partial charge in [0.15, 0.2) is 0 Å². The lowest BCUT2D eigenvalue weighted by molar-refractivity contribution is 0.0695. The summed E-state index contributed by atoms with van der Waals surface area (Å²) in [6.07, 6.45) is 0. The Morgan fingerprint density at radius 2 is 1.67 bits per heavy atom. The van der Waals surface area contributed by atoms with E-state index in [-0.39, 0.29) is 16.8 Å². The van der Waals surface area contributed by atoms with Crippen molar-refractivity contribution in [2.45, 2.75) is 0 Å². The van der Waals surface area contributed by atoms with Gasteiger partial charge in [0.05, 0.1) is 5.56 Å². The fourth-order valence-corrected chi connectivity index (χ4v) is 2.28. The van der Waals surface area contributed by atoms with Crippen LogP contribution in [0.4, 0.5) is 4.39 Å². The summed E-state index contributed by atoms with van der Waals surface area (Å²) in [7, 11) is 0. The van der Waals surface area contributed by atoms with Crippen LogP contribution in [0.5, 0.6) is 0 Å². The lowest BCUT2D eigenvalue weighted by Crippen LogP contribution is -2.08. The highest BCUT2D eigenvalue weighted by Crippen LogP contribution is 2.24. The van der Waals surface area contributed by atoms with Crippen LogP contribution in [0.3, 0.4) is 0 Å². The van der Waals surface area contributed by atoms with Crippen LogP contribution in [-0.2, 0) is 0 Å². The molecule has 5 heteroatoms. The number of rotatable bonds is 3. The first-order chi connectivity index (χ1) is 10.1. The van der Waals surface area contributed by atoms with E-state index in [1.165, 1.54) is 12.1 Å². The molecule has 0 amide bonds. The Balaban J connectivity index is 2.19. The fourth-order valence-electron chi connectivity index (χ4n) is 2.28. The lowest BCUT2D eigenvalue weighted by atomic mass is 10.0. The Hall–Kier alpha value is -2.95. The molecule has 0 aliphatic carbocycles. The van der Waals surface area contributed by atoms with Crippen LogP contribution in [0.15, 0.2) is 48.5 Å². The first-order valence-electron chi connectivity index (χ1n) is 6.22. The number of aromatic nitrogens is 1. The van der Waals surface area contributed by atoms with Crippen LogP contribution in [0.2, 0.25) is 0 Å². The smallest absolute Gasteiger partial charge is 0.338 e. The zero-order chi connectivity index (χ0) is 15.0. The number of nitrogens with one attached hydrogen (secondary N) is 1. The number of carboxylic acids is 1. The molecule has 2 N–H and O–H groups in total. The SMILES string of the molecule is O=C(c1ccc(F)cc1)c1[nH]c2ccccc2c1C(=O)O. The number of aromatic carboxylic acids is 1. The van der Waals surface area contributed by atoms with Gasteiger partial charge in [0.1, 0.15) is 11.5 Å². The van der Waals surface area contributed by atoms with Crippen molar-refractivity contribution in [2.75, 3.05) is 0 Å². The Labute approximate surface area is 118 Å². The Kier molecular flexibility index (Phi) is 3.02. The third kappa shape index (κ3) is 2.18. The molecule has 21 heavy (non-hydrogen) atoms. The molecule has 0 aliphatic rings. The molecule has 1 aromatic heterocycles. The number of hydrogen-bond acceptors (Lipinski definition) is 2. The van der Waals surface area contributed by atoms with E-state index < -0.39 is 17.6 Å². The maximum absolute atomic E-state index is 12.9. The lowest BCUT2D eigenvalue weighted by Gasteiger charge is -2.01. The van der Waals surface area contributed by atoms with E-state index in [9.17, 15) is 19.1 Å². The monoisotopic (exact) mass is 283 g/mol. The second-order valence-electron chi connectivity index (χ2n) is 4.56. The van der Waals surface area contributed by atoms with Gasteiger partial charge < -0.3 is 10.1 Å². The number of ketones is 1. The summed E-state index contributed by atoms with van der Waals surface area (Å²) in [5, 5.41) is 9.83. The minimum atomic E-state index is -1.18. The highest BCUT2D eigenvalue weighted by molar-refractivity contribution is 6.18. The molecule has 0 atom stereocenters. The number of fused-ring (bicyclic) bond motifs is 1. The molecule has 4 nitrogen and oxygen atoms in total. The molecule has 0 unspecified atom stereocenters. The maximum Gasteiger partial charge on any atom is 0.338 e. The summed E-state index contributed by atoms with van der Waals surface area (Å²) >= 11 is 0. The number of carboxylic acid groups (broad SMARTS) is 1. The zero-order valence-corrected chi connectivity index (χ0v) is 10.8. The molecule has 0 bridgehead atoms. The van der Waals surface area contributed by atoms with Crippen molar-refractivity contribution < 1.29 is 19.1 Å². The number of carbonyl (C=O) groups is 2. The van der Waals surface area contributed by atoms with Gasteiger partial charge in [-0.15, -0.1) is 0 Å². The minimum absolute atomic E-state index is 0.00434. The van der Waals surface area contributed by atoms with E-state index >= 15 is 0 Å².